The van der Waals surface area contributed by atoms with E-state index < -0.39 is 17.5 Å². The lowest BCUT2D eigenvalue weighted by molar-refractivity contribution is -0.242. The van der Waals surface area contributed by atoms with Gasteiger partial charge >= 0.3 is 11.9 Å². The molecule has 0 amide bonds. The fraction of sp³-hybridized carbons (Fsp3) is 0.895. The molecule has 1 heterocycles. The minimum Gasteiger partial charge on any atom is -0.481 e. The highest BCUT2D eigenvalue weighted by molar-refractivity contribution is 5.81. The van der Waals surface area contributed by atoms with Gasteiger partial charge in [-0.05, 0) is 55.3 Å². The number of carbonyl (C=O) groups is 2. The zero-order chi connectivity index (χ0) is 16.6. The van der Waals surface area contributed by atoms with Gasteiger partial charge < -0.3 is 9.84 Å². The molecule has 1 saturated heterocycles. The molecule has 4 rings (SSSR count). The van der Waals surface area contributed by atoms with Gasteiger partial charge in [0, 0.05) is 11.8 Å². The van der Waals surface area contributed by atoms with Crippen LogP contribution in [0.15, 0.2) is 0 Å². The Morgan fingerprint density at radius 2 is 1.78 bits per heavy atom. The highest BCUT2D eigenvalue weighted by Gasteiger charge is 2.68. The molecule has 0 unspecified atom stereocenters. The van der Waals surface area contributed by atoms with Gasteiger partial charge in [-0.25, -0.2) is 0 Å². The molecule has 0 aromatic carbocycles. The number of hydrogen-bond donors (Lipinski definition) is 1. The van der Waals surface area contributed by atoms with Crippen LogP contribution >= 0.6 is 0 Å². The van der Waals surface area contributed by atoms with Gasteiger partial charge in [-0.15, -0.1) is 0 Å². The fourth-order valence-corrected chi connectivity index (χ4v) is 6.67. The molecule has 0 aromatic heterocycles. The van der Waals surface area contributed by atoms with Crippen LogP contribution in [0.1, 0.15) is 65.7 Å². The minimum atomic E-state index is -0.811. The van der Waals surface area contributed by atoms with Crippen molar-refractivity contribution in [3.8, 4) is 0 Å². The maximum Gasteiger partial charge on any atom is 0.307 e. The van der Waals surface area contributed by atoms with E-state index in [1.807, 2.05) is 0 Å². The molecule has 128 valence electrons. The summed E-state index contributed by atoms with van der Waals surface area (Å²) in [6, 6.07) is 0. The smallest absolute Gasteiger partial charge is 0.307 e. The molecule has 1 spiro atoms. The lowest BCUT2D eigenvalue weighted by Gasteiger charge is -2.63. The Labute approximate surface area is 138 Å². The van der Waals surface area contributed by atoms with Crippen molar-refractivity contribution >= 4 is 11.9 Å². The Morgan fingerprint density at radius 3 is 2.39 bits per heavy atom. The topological polar surface area (TPSA) is 63.6 Å². The highest BCUT2D eigenvalue weighted by atomic mass is 16.6. The number of carboxylic acids is 1. The summed E-state index contributed by atoms with van der Waals surface area (Å²) in [7, 11) is 0. The number of ether oxygens (including phenoxy) is 1. The van der Waals surface area contributed by atoms with Crippen LogP contribution < -0.4 is 0 Å². The highest BCUT2D eigenvalue weighted by Crippen LogP contribution is 2.68. The van der Waals surface area contributed by atoms with Crippen molar-refractivity contribution in [2.75, 3.05) is 0 Å². The van der Waals surface area contributed by atoms with E-state index in [2.05, 4.69) is 20.8 Å². The maximum absolute atomic E-state index is 12.3. The second kappa shape index (κ2) is 4.52. The Morgan fingerprint density at radius 1 is 1.13 bits per heavy atom. The van der Waals surface area contributed by atoms with Crippen LogP contribution in [0.2, 0.25) is 0 Å². The van der Waals surface area contributed by atoms with Gasteiger partial charge in [0.2, 0.25) is 0 Å². The molecule has 4 fully saturated rings. The Hall–Kier alpha value is -1.06. The van der Waals surface area contributed by atoms with Gasteiger partial charge in [0.1, 0.15) is 5.60 Å². The second-order valence-electron chi connectivity index (χ2n) is 9.65. The molecule has 6 atom stereocenters. The predicted molar refractivity (Wildman–Crippen MR) is 84.6 cm³/mol. The van der Waals surface area contributed by atoms with Crippen molar-refractivity contribution < 1.29 is 19.4 Å². The van der Waals surface area contributed by atoms with Crippen molar-refractivity contribution in [3.05, 3.63) is 0 Å². The molecule has 4 aliphatic rings. The summed E-state index contributed by atoms with van der Waals surface area (Å²) in [5, 5.41) is 9.69. The molecule has 3 saturated carbocycles. The first-order valence-corrected chi connectivity index (χ1v) is 9.12. The summed E-state index contributed by atoms with van der Waals surface area (Å²) < 4.78 is 6.10. The first-order chi connectivity index (χ1) is 10.7. The molecular weight excluding hydrogens is 292 g/mol. The summed E-state index contributed by atoms with van der Waals surface area (Å²) in [6.07, 6.45) is 6.32. The number of fused-ring (bicyclic) bond motifs is 2. The van der Waals surface area contributed by atoms with Gasteiger partial charge in [-0.3, -0.25) is 9.59 Å². The summed E-state index contributed by atoms with van der Waals surface area (Å²) in [5.41, 5.74) is -0.0208. The van der Waals surface area contributed by atoms with E-state index in [1.54, 1.807) is 0 Å². The van der Waals surface area contributed by atoms with Crippen LogP contribution in [0, 0.1) is 34.5 Å². The Balaban J connectivity index is 1.80. The molecule has 3 aliphatic carbocycles. The predicted octanol–water partition coefficient (Wildman–Crippen LogP) is 3.64. The second-order valence-corrected chi connectivity index (χ2v) is 9.65. The molecule has 2 bridgehead atoms. The Kier molecular flexibility index (Phi) is 3.04. The lowest BCUT2D eigenvalue weighted by Crippen LogP contribution is -2.65. The first kappa shape index (κ1) is 15.5. The van der Waals surface area contributed by atoms with Gasteiger partial charge in [0.05, 0.1) is 12.3 Å². The fourth-order valence-electron chi connectivity index (χ4n) is 6.67. The van der Waals surface area contributed by atoms with Crippen molar-refractivity contribution in [2.24, 2.45) is 34.5 Å². The number of carboxylic acid groups (broad SMARTS) is 1. The summed E-state index contributed by atoms with van der Waals surface area (Å²) in [5.74, 6) is -0.728. The molecular formula is C19H28O4. The standard InChI is InChI=1S/C19H28O4/c1-17(2)9-14-13(17)5-7-18(3)6-4-12-11(16(21)22)8-15(20)23-19(12,14)10-18/h11-14H,4-10H2,1-3H3,(H,21,22)/t11-,12-,13+,14+,18-,19-/m0/s1. The average molecular weight is 320 g/mol. The normalized spacial score (nSPS) is 50.7. The zero-order valence-electron chi connectivity index (χ0n) is 14.4. The molecule has 1 aliphatic heterocycles. The van der Waals surface area contributed by atoms with Gasteiger partial charge in [-0.2, -0.15) is 0 Å². The van der Waals surface area contributed by atoms with E-state index in [1.165, 1.54) is 12.8 Å². The SMILES string of the molecule is CC1(C)C[C@@H]2[C@H]1CC[C@]1(C)CC[C@H]3[C@@H](C(=O)O)CC(=O)O[C@]23C1. The third-order valence-corrected chi connectivity index (χ3v) is 7.80. The quantitative estimate of drug-likeness (QED) is 0.749. The maximum atomic E-state index is 12.3. The third-order valence-electron chi connectivity index (χ3n) is 7.80. The van der Waals surface area contributed by atoms with Crippen LogP contribution in [0.4, 0.5) is 0 Å². The zero-order valence-corrected chi connectivity index (χ0v) is 14.4. The van der Waals surface area contributed by atoms with E-state index in [0.29, 0.717) is 17.3 Å². The summed E-state index contributed by atoms with van der Waals surface area (Å²) in [6.45, 7) is 6.95. The average Bonchev–Trinajstić information content (AvgIpc) is 2.49. The number of carbonyl (C=O) groups excluding carboxylic acids is 1. The first-order valence-electron chi connectivity index (χ1n) is 9.12. The lowest BCUT2D eigenvalue weighted by atomic mass is 9.46. The van der Waals surface area contributed by atoms with Crippen LogP contribution in [-0.4, -0.2) is 22.6 Å². The van der Waals surface area contributed by atoms with Crippen molar-refractivity contribution in [1.82, 2.24) is 0 Å². The van der Waals surface area contributed by atoms with Crippen LogP contribution in [0.25, 0.3) is 0 Å². The molecule has 4 heteroatoms. The van der Waals surface area contributed by atoms with E-state index in [9.17, 15) is 14.7 Å². The van der Waals surface area contributed by atoms with Crippen molar-refractivity contribution in [3.63, 3.8) is 0 Å². The van der Waals surface area contributed by atoms with Crippen molar-refractivity contribution in [2.45, 2.75) is 71.3 Å². The van der Waals surface area contributed by atoms with Crippen LogP contribution in [0.5, 0.6) is 0 Å². The number of aliphatic carboxylic acids is 1. The number of hydrogen-bond acceptors (Lipinski definition) is 3. The van der Waals surface area contributed by atoms with Crippen LogP contribution in [-0.2, 0) is 14.3 Å². The van der Waals surface area contributed by atoms with Gasteiger partial charge in [-0.1, -0.05) is 20.8 Å². The molecule has 0 radical (unpaired) electrons. The monoisotopic (exact) mass is 320 g/mol. The van der Waals surface area contributed by atoms with E-state index in [0.717, 1.165) is 25.7 Å². The third kappa shape index (κ3) is 2.02. The van der Waals surface area contributed by atoms with E-state index in [-0.39, 0.29) is 23.7 Å². The van der Waals surface area contributed by atoms with E-state index in [4.69, 9.17) is 4.74 Å². The van der Waals surface area contributed by atoms with E-state index >= 15 is 0 Å². The molecule has 23 heavy (non-hydrogen) atoms. The number of rotatable bonds is 1. The largest absolute Gasteiger partial charge is 0.481 e. The van der Waals surface area contributed by atoms with Crippen molar-refractivity contribution in [1.29, 1.82) is 0 Å². The summed E-state index contributed by atoms with van der Waals surface area (Å²) in [4.78, 5) is 24.1. The molecule has 1 N–H and O–H groups in total. The van der Waals surface area contributed by atoms with Gasteiger partial charge in [0.25, 0.3) is 0 Å². The Bertz CT molecular complexity index is 568. The van der Waals surface area contributed by atoms with Crippen LogP contribution in [0.3, 0.4) is 0 Å². The summed E-state index contributed by atoms with van der Waals surface area (Å²) >= 11 is 0. The molecule has 4 nitrogen and oxygen atoms in total. The number of esters is 1. The minimum absolute atomic E-state index is 0.00692. The van der Waals surface area contributed by atoms with Gasteiger partial charge in [0.15, 0.2) is 0 Å². The molecule has 0 aromatic rings.